The Morgan fingerprint density at radius 2 is 2.24 bits per heavy atom. The second-order valence-electron chi connectivity index (χ2n) is 4.08. The van der Waals surface area contributed by atoms with Crippen molar-refractivity contribution in [3.05, 3.63) is 40.7 Å². The molecule has 0 unspecified atom stereocenters. The van der Waals surface area contributed by atoms with Crippen molar-refractivity contribution in [1.82, 2.24) is 10.3 Å². The maximum atomic E-state index is 11.9. The van der Waals surface area contributed by atoms with E-state index in [1.165, 1.54) is 0 Å². The highest BCUT2D eigenvalue weighted by molar-refractivity contribution is 7.09. The Morgan fingerprint density at radius 1 is 1.33 bits per heavy atom. The average molecular weight is 307 g/mol. The summed E-state index contributed by atoms with van der Waals surface area (Å²) in [6.45, 7) is 1.32. The first kappa shape index (κ1) is 15.3. The number of nitrogens with zero attached hydrogens (tertiary/aromatic N) is 1. The molecular formula is C14H17N3O3S. The van der Waals surface area contributed by atoms with Crippen LogP contribution < -0.4 is 15.4 Å². The summed E-state index contributed by atoms with van der Waals surface area (Å²) in [5.74, 6) is 0.376. The summed E-state index contributed by atoms with van der Waals surface area (Å²) >= 11 is 1.59. The molecule has 2 heterocycles. The summed E-state index contributed by atoms with van der Waals surface area (Å²) in [6.07, 6.45) is 1.61. The molecular weight excluding hydrogens is 290 g/mol. The number of rotatable bonds is 7. The summed E-state index contributed by atoms with van der Waals surface area (Å²) in [4.78, 5) is 17.1. The number of nitrogens with one attached hydrogen (secondary N) is 2. The number of carbonyl (C=O) groups excluding carboxylic acids is 1. The van der Waals surface area contributed by atoms with Gasteiger partial charge < -0.3 is 20.1 Å². The topological polar surface area (TPSA) is 72.5 Å². The van der Waals surface area contributed by atoms with Gasteiger partial charge in [0.1, 0.15) is 12.3 Å². The molecule has 0 radical (unpaired) electrons. The molecule has 0 fully saturated rings. The molecule has 0 saturated heterocycles. The molecule has 2 aromatic rings. The summed E-state index contributed by atoms with van der Waals surface area (Å²) in [6, 6.07) is 7.09. The summed E-state index contributed by atoms with van der Waals surface area (Å²) in [7, 11) is 1.60. The highest BCUT2D eigenvalue weighted by Gasteiger charge is 2.08. The van der Waals surface area contributed by atoms with E-state index in [1.54, 1.807) is 36.8 Å². The van der Waals surface area contributed by atoms with Crippen molar-refractivity contribution in [2.24, 2.45) is 0 Å². The first-order chi connectivity index (χ1) is 10.3. The van der Waals surface area contributed by atoms with Gasteiger partial charge in [0.15, 0.2) is 0 Å². The number of aromatic nitrogens is 1. The number of ether oxygens (including phenoxy) is 2. The van der Waals surface area contributed by atoms with Gasteiger partial charge in [0.2, 0.25) is 5.88 Å². The molecule has 0 bridgehead atoms. The van der Waals surface area contributed by atoms with E-state index >= 15 is 0 Å². The molecule has 0 atom stereocenters. The highest BCUT2D eigenvalue weighted by Crippen LogP contribution is 2.20. The second-order valence-corrected chi connectivity index (χ2v) is 5.12. The van der Waals surface area contributed by atoms with Crippen molar-refractivity contribution >= 4 is 23.1 Å². The number of methoxy groups -OCH3 is 1. The summed E-state index contributed by atoms with van der Waals surface area (Å²) in [5.41, 5.74) is 0.525. The normalized spacial score (nSPS) is 10.1. The Bertz CT molecular complexity index is 560. The number of amides is 2. The van der Waals surface area contributed by atoms with E-state index < -0.39 is 0 Å². The number of hydrogen-bond donors (Lipinski definition) is 2. The van der Waals surface area contributed by atoms with E-state index in [4.69, 9.17) is 9.47 Å². The van der Waals surface area contributed by atoms with Crippen LogP contribution in [0.25, 0.3) is 0 Å². The number of hydrogen-bond acceptors (Lipinski definition) is 5. The van der Waals surface area contributed by atoms with Crippen LogP contribution in [0.1, 0.15) is 4.88 Å². The van der Waals surface area contributed by atoms with E-state index in [0.29, 0.717) is 31.3 Å². The van der Waals surface area contributed by atoms with Crippen LogP contribution >= 0.6 is 11.3 Å². The van der Waals surface area contributed by atoms with Gasteiger partial charge in [-0.05, 0) is 23.6 Å². The zero-order valence-corrected chi connectivity index (χ0v) is 12.5. The molecule has 112 valence electrons. The Morgan fingerprint density at radius 3 is 3.00 bits per heavy atom. The first-order valence-corrected chi connectivity index (χ1v) is 7.31. The minimum atomic E-state index is -0.298. The molecule has 21 heavy (non-hydrogen) atoms. The standard InChI is InChI=1S/C14H17N3O3S/c1-19-7-8-20-13-12(5-2-6-15-13)17-14(18)16-10-11-4-3-9-21-11/h2-6,9H,7-8,10H2,1H3,(H2,16,17,18). The third-order valence-corrected chi connectivity index (χ3v) is 3.43. The molecule has 2 rings (SSSR count). The SMILES string of the molecule is COCCOc1ncccc1NC(=O)NCc1cccs1. The monoisotopic (exact) mass is 307 g/mol. The highest BCUT2D eigenvalue weighted by atomic mass is 32.1. The van der Waals surface area contributed by atoms with Crippen LogP contribution in [0.2, 0.25) is 0 Å². The largest absolute Gasteiger partial charge is 0.474 e. The predicted molar refractivity (Wildman–Crippen MR) is 81.8 cm³/mol. The van der Waals surface area contributed by atoms with Gasteiger partial charge in [-0.1, -0.05) is 6.07 Å². The van der Waals surface area contributed by atoms with Gasteiger partial charge in [-0.3, -0.25) is 0 Å². The maximum Gasteiger partial charge on any atom is 0.319 e. The van der Waals surface area contributed by atoms with E-state index in [1.807, 2.05) is 17.5 Å². The number of urea groups is 1. The fraction of sp³-hybridized carbons (Fsp3) is 0.286. The van der Waals surface area contributed by atoms with E-state index in [0.717, 1.165) is 4.88 Å². The van der Waals surface area contributed by atoms with Crippen LogP contribution in [0, 0.1) is 0 Å². The first-order valence-electron chi connectivity index (χ1n) is 6.43. The molecule has 0 aromatic carbocycles. The van der Waals surface area contributed by atoms with Crippen molar-refractivity contribution in [2.75, 3.05) is 25.6 Å². The van der Waals surface area contributed by atoms with Crippen molar-refractivity contribution in [3.8, 4) is 5.88 Å². The molecule has 7 heteroatoms. The fourth-order valence-corrected chi connectivity index (χ4v) is 2.21. The summed E-state index contributed by atoms with van der Waals surface area (Å²) < 4.78 is 10.4. The number of carbonyl (C=O) groups is 1. The minimum Gasteiger partial charge on any atom is -0.474 e. The van der Waals surface area contributed by atoms with Crippen LogP contribution in [-0.2, 0) is 11.3 Å². The molecule has 6 nitrogen and oxygen atoms in total. The van der Waals surface area contributed by atoms with Crippen LogP contribution in [0.4, 0.5) is 10.5 Å². The smallest absolute Gasteiger partial charge is 0.319 e. The van der Waals surface area contributed by atoms with Gasteiger partial charge in [-0.2, -0.15) is 0 Å². The van der Waals surface area contributed by atoms with Gasteiger partial charge in [0.05, 0.1) is 13.2 Å². The molecule has 0 aliphatic carbocycles. The lowest BCUT2D eigenvalue weighted by molar-refractivity contribution is 0.144. The van der Waals surface area contributed by atoms with Crippen LogP contribution in [0.3, 0.4) is 0 Å². The zero-order chi connectivity index (χ0) is 14.9. The van der Waals surface area contributed by atoms with Gasteiger partial charge in [-0.25, -0.2) is 9.78 Å². The van der Waals surface area contributed by atoms with Gasteiger partial charge in [0.25, 0.3) is 0 Å². The third kappa shape index (κ3) is 5.05. The summed E-state index contributed by atoms with van der Waals surface area (Å²) in [5, 5.41) is 7.48. The predicted octanol–water partition coefficient (Wildman–Crippen LogP) is 2.49. The average Bonchev–Trinajstić information content (AvgIpc) is 3.00. The number of pyridine rings is 1. The maximum absolute atomic E-state index is 11.9. The van der Waals surface area contributed by atoms with Crippen molar-refractivity contribution in [3.63, 3.8) is 0 Å². The lowest BCUT2D eigenvalue weighted by Crippen LogP contribution is -2.28. The lowest BCUT2D eigenvalue weighted by Gasteiger charge is -2.11. The molecule has 2 aromatic heterocycles. The molecule has 2 N–H and O–H groups in total. The van der Waals surface area contributed by atoms with Gasteiger partial charge in [-0.15, -0.1) is 11.3 Å². The Kier molecular flexibility index (Phi) is 5.99. The van der Waals surface area contributed by atoms with Crippen molar-refractivity contribution in [2.45, 2.75) is 6.54 Å². The van der Waals surface area contributed by atoms with Crippen LogP contribution in [-0.4, -0.2) is 31.3 Å². The minimum absolute atomic E-state index is 0.298. The van der Waals surface area contributed by atoms with Crippen LogP contribution in [0.15, 0.2) is 35.8 Å². The van der Waals surface area contributed by atoms with E-state index in [9.17, 15) is 4.79 Å². The van der Waals surface area contributed by atoms with Crippen molar-refractivity contribution < 1.29 is 14.3 Å². The molecule has 0 aliphatic rings. The zero-order valence-electron chi connectivity index (χ0n) is 11.7. The number of thiophene rings is 1. The van der Waals surface area contributed by atoms with Gasteiger partial charge in [0, 0.05) is 18.2 Å². The lowest BCUT2D eigenvalue weighted by atomic mass is 10.4. The van der Waals surface area contributed by atoms with Gasteiger partial charge >= 0.3 is 6.03 Å². The fourth-order valence-electron chi connectivity index (χ4n) is 1.57. The van der Waals surface area contributed by atoms with E-state index in [2.05, 4.69) is 15.6 Å². The Hall–Kier alpha value is -2.12. The Balaban J connectivity index is 1.87. The second kappa shape index (κ2) is 8.23. The number of anilines is 1. The quantitative estimate of drug-likeness (QED) is 0.771. The van der Waals surface area contributed by atoms with Crippen LogP contribution in [0.5, 0.6) is 5.88 Å². The molecule has 0 aliphatic heterocycles. The molecule has 0 saturated carbocycles. The molecule has 0 spiro atoms. The Labute approximate surface area is 127 Å². The third-order valence-electron chi connectivity index (χ3n) is 2.55. The van der Waals surface area contributed by atoms with E-state index in [-0.39, 0.29) is 6.03 Å². The molecule has 2 amide bonds. The van der Waals surface area contributed by atoms with Crippen molar-refractivity contribution in [1.29, 1.82) is 0 Å².